The first-order chi connectivity index (χ1) is 15.7. The summed E-state index contributed by atoms with van der Waals surface area (Å²) in [6.45, 7) is 9.48. The lowest BCUT2D eigenvalue weighted by molar-refractivity contribution is 0.125. The number of piperazine rings is 1. The van der Waals surface area contributed by atoms with Crippen molar-refractivity contribution in [1.82, 2.24) is 34.1 Å². The fraction of sp³-hybridized carbons (Fsp3) is 0.304. The molecule has 0 radical (unpaired) electrons. The van der Waals surface area contributed by atoms with Crippen LogP contribution in [-0.2, 0) is 13.1 Å². The molecule has 32 heavy (non-hydrogen) atoms. The number of hydrogen-bond acceptors (Lipinski definition) is 7. The van der Waals surface area contributed by atoms with Crippen LogP contribution in [0.4, 0.5) is 0 Å². The molecule has 1 aromatic carbocycles. The molecule has 3 aromatic heterocycles. The van der Waals surface area contributed by atoms with Gasteiger partial charge in [0.05, 0.1) is 18.8 Å². The molecule has 1 saturated heterocycles. The average molecular weight is 432 g/mol. The van der Waals surface area contributed by atoms with Crippen LogP contribution in [0.5, 0.6) is 0 Å². The van der Waals surface area contributed by atoms with Gasteiger partial charge in [0.25, 0.3) is 5.56 Å². The highest BCUT2D eigenvalue weighted by atomic mass is 16.5. The van der Waals surface area contributed by atoms with Gasteiger partial charge in [0, 0.05) is 50.7 Å². The largest absolute Gasteiger partial charge is 0.338 e. The SMILES string of the molecule is C=CCN1CCN(Cc2nc(Cn3ccn4nc(-c5ccccc5)cc4c3=O)no2)CC1. The van der Waals surface area contributed by atoms with Gasteiger partial charge in [0.15, 0.2) is 5.82 Å². The van der Waals surface area contributed by atoms with Crippen LogP contribution >= 0.6 is 0 Å². The zero-order valence-electron chi connectivity index (χ0n) is 17.8. The molecule has 5 rings (SSSR count). The minimum absolute atomic E-state index is 0.146. The fourth-order valence-corrected chi connectivity index (χ4v) is 3.98. The smallest absolute Gasteiger partial charge is 0.277 e. The molecular formula is C23H25N7O2. The second kappa shape index (κ2) is 8.89. The molecule has 9 heteroatoms. The lowest BCUT2D eigenvalue weighted by Crippen LogP contribution is -2.45. The maximum Gasteiger partial charge on any atom is 0.277 e. The van der Waals surface area contributed by atoms with Gasteiger partial charge in [-0.3, -0.25) is 14.6 Å². The summed E-state index contributed by atoms with van der Waals surface area (Å²) in [5.74, 6) is 1.06. The summed E-state index contributed by atoms with van der Waals surface area (Å²) in [6.07, 6.45) is 5.41. The predicted molar refractivity (Wildman–Crippen MR) is 120 cm³/mol. The average Bonchev–Trinajstić information content (AvgIpc) is 3.45. The highest BCUT2D eigenvalue weighted by molar-refractivity contribution is 5.65. The first-order valence-electron chi connectivity index (χ1n) is 10.7. The van der Waals surface area contributed by atoms with Crippen LogP contribution in [0.15, 0.2) is 70.8 Å². The van der Waals surface area contributed by atoms with Gasteiger partial charge < -0.3 is 9.09 Å². The Kier molecular flexibility index (Phi) is 5.66. The van der Waals surface area contributed by atoms with Crippen LogP contribution in [0.25, 0.3) is 16.8 Å². The minimum atomic E-state index is -0.146. The summed E-state index contributed by atoms with van der Waals surface area (Å²) in [5.41, 5.74) is 2.09. The highest BCUT2D eigenvalue weighted by Gasteiger charge is 2.19. The van der Waals surface area contributed by atoms with E-state index >= 15 is 0 Å². The number of aromatic nitrogens is 5. The molecule has 0 bridgehead atoms. The summed E-state index contributed by atoms with van der Waals surface area (Å²) >= 11 is 0. The lowest BCUT2D eigenvalue weighted by atomic mass is 10.1. The Hall–Kier alpha value is -3.56. The van der Waals surface area contributed by atoms with Crippen LogP contribution in [0, 0.1) is 0 Å². The van der Waals surface area contributed by atoms with Gasteiger partial charge in [0.1, 0.15) is 5.52 Å². The summed E-state index contributed by atoms with van der Waals surface area (Å²) in [6, 6.07) is 11.6. The fourth-order valence-electron chi connectivity index (χ4n) is 3.98. The summed E-state index contributed by atoms with van der Waals surface area (Å²) in [4.78, 5) is 22.1. The van der Waals surface area contributed by atoms with Crippen LogP contribution in [0.3, 0.4) is 0 Å². The molecule has 0 spiro atoms. The third-order valence-corrected chi connectivity index (χ3v) is 5.71. The van der Waals surface area contributed by atoms with Crippen LogP contribution in [-0.4, -0.2) is 66.8 Å². The molecular weight excluding hydrogens is 406 g/mol. The van der Waals surface area contributed by atoms with Gasteiger partial charge in [-0.2, -0.15) is 10.1 Å². The maximum absolute atomic E-state index is 13.0. The molecule has 0 N–H and O–H groups in total. The first-order valence-corrected chi connectivity index (χ1v) is 10.7. The van der Waals surface area contributed by atoms with E-state index in [4.69, 9.17) is 4.52 Å². The second-order valence-corrected chi connectivity index (χ2v) is 7.93. The van der Waals surface area contributed by atoms with Crippen molar-refractivity contribution < 1.29 is 4.52 Å². The second-order valence-electron chi connectivity index (χ2n) is 7.93. The van der Waals surface area contributed by atoms with Crippen molar-refractivity contribution in [2.75, 3.05) is 32.7 Å². The molecule has 164 valence electrons. The molecule has 4 heterocycles. The highest BCUT2D eigenvalue weighted by Crippen LogP contribution is 2.17. The molecule has 1 aliphatic rings. The maximum atomic E-state index is 13.0. The third kappa shape index (κ3) is 4.25. The Morgan fingerprint density at radius 3 is 2.59 bits per heavy atom. The zero-order chi connectivity index (χ0) is 21.9. The van der Waals surface area contributed by atoms with E-state index in [-0.39, 0.29) is 12.1 Å². The number of nitrogens with zero attached hydrogens (tertiary/aromatic N) is 7. The monoisotopic (exact) mass is 431 g/mol. The van der Waals surface area contributed by atoms with E-state index in [1.54, 1.807) is 21.5 Å². The topological polar surface area (TPSA) is 84.7 Å². The molecule has 0 aliphatic carbocycles. The molecule has 4 aromatic rings. The summed E-state index contributed by atoms with van der Waals surface area (Å²) < 4.78 is 8.62. The molecule has 1 aliphatic heterocycles. The Labute approximate surface area is 185 Å². The van der Waals surface area contributed by atoms with Crippen molar-refractivity contribution in [2.45, 2.75) is 13.1 Å². The molecule has 9 nitrogen and oxygen atoms in total. The van der Waals surface area contributed by atoms with Crippen LogP contribution < -0.4 is 5.56 Å². The van der Waals surface area contributed by atoms with Crippen LogP contribution in [0.2, 0.25) is 0 Å². The van der Waals surface area contributed by atoms with Gasteiger partial charge in [-0.1, -0.05) is 41.6 Å². The normalized spacial score (nSPS) is 15.4. The molecule has 0 saturated carbocycles. The van der Waals surface area contributed by atoms with Crippen molar-refractivity contribution >= 4 is 5.52 Å². The number of hydrogen-bond donors (Lipinski definition) is 0. The van der Waals surface area contributed by atoms with E-state index in [0.29, 0.717) is 23.8 Å². The number of benzene rings is 1. The van der Waals surface area contributed by atoms with E-state index in [2.05, 4.69) is 31.6 Å². The Bertz CT molecular complexity index is 1270. The van der Waals surface area contributed by atoms with Crippen molar-refractivity contribution in [3.8, 4) is 11.3 Å². The van der Waals surface area contributed by atoms with Crippen LogP contribution in [0.1, 0.15) is 11.7 Å². The standard InChI is InChI=1S/C23H25N7O2/c1-2-8-27-9-11-28(12-10-27)17-22-24-21(26-32-22)16-29-13-14-30-20(23(29)31)15-19(25-30)18-6-4-3-5-7-18/h2-7,13-15H,1,8-12,16-17H2. The van der Waals surface area contributed by atoms with Gasteiger partial charge in [-0.15, -0.1) is 6.58 Å². The summed E-state index contributed by atoms with van der Waals surface area (Å²) in [7, 11) is 0. The number of fused-ring (bicyclic) bond motifs is 1. The molecule has 1 fully saturated rings. The van der Waals surface area contributed by atoms with Gasteiger partial charge in [-0.05, 0) is 6.07 Å². The quantitative estimate of drug-likeness (QED) is 0.413. The Morgan fingerprint density at radius 1 is 1.03 bits per heavy atom. The van der Waals surface area contributed by atoms with Crippen molar-refractivity contribution in [3.63, 3.8) is 0 Å². The van der Waals surface area contributed by atoms with Crippen molar-refractivity contribution in [1.29, 1.82) is 0 Å². The van der Waals surface area contributed by atoms with E-state index in [0.717, 1.165) is 44.0 Å². The Balaban J connectivity index is 1.28. The third-order valence-electron chi connectivity index (χ3n) is 5.71. The van der Waals surface area contributed by atoms with Gasteiger partial charge in [-0.25, -0.2) is 4.52 Å². The lowest BCUT2D eigenvalue weighted by Gasteiger charge is -2.33. The van der Waals surface area contributed by atoms with E-state index in [1.807, 2.05) is 42.5 Å². The van der Waals surface area contributed by atoms with E-state index < -0.39 is 0 Å². The van der Waals surface area contributed by atoms with E-state index in [9.17, 15) is 4.79 Å². The molecule has 0 amide bonds. The van der Waals surface area contributed by atoms with Gasteiger partial charge >= 0.3 is 0 Å². The van der Waals surface area contributed by atoms with Gasteiger partial charge in [0.2, 0.25) is 5.89 Å². The molecule has 0 atom stereocenters. The number of rotatable bonds is 7. The predicted octanol–water partition coefficient (Wildman–Crippen LogP) is 1.90. The summed E-state index contributed by atoms with van der Waals surface area (Å²) in [5, 5.41) is 8.59. The Morgan fingerprint density at radius 2 is 1.81 bits per heavy atom. The first kappa shape index (κ1) is 20.3. The zero-order valence-corrected chi connectivity index (χ0v) is 17.8. The molecule has 0 unspecified atom stereocenters. The minimum Gasteiger partial charge on any atom is -0.338 e. The van der Waals surface area contributed by atoms with Crippen molar-refractivity contribution in [3.05, 3.63) is 83.5 Å². The van der Waals surface area contributed by atoms with E-state index in [1.165, 1.54) is 0 Å². The van der Waals surface area contributed by atoms with Crippen molar-refractivity contribution in [2.24, 2.45) is 0 Å².